The maximum atomic E-state index is 5.60. The molecule has 0 amide bonds. The lowest BCUT2D eigenvalue weighted by molar-refractivity contribution is 0.744. The van der Waals surface area contributed by atoms with Crippen LogP contribution in [0.1, 0.15) is 13.8 Å². The van der Waals surface area contributed by atoms with Crippen molar-refractivity contribution in [3.63, 3.8) is 0 Å². The zero-order chi connectivity index (χ0) is 10.0. The van der Waals surface area contributed by atoms with Crippen LogP contribution in [0.3, 0.4) is 0 Å². The van der Waals surface area contributed by atoms with Crippen LogP contribution in [0.15, 0.2) is 12.1 Å². The topological polar surface area (TPSA) is 68.2 Å². The van der Waals surface area contributed by atoms with Crippen LogP contribution in [-0.4, -0.2) is 18.1 Å². The molecule has 0 saturated carbocycles. The molecule has 1 aromatic heterocycles. The van der Waals surface area contributed by atoms with E-state index in [1.807, 2.05) is 18.0 Å². The highest BCUT2D eigenvalue weighted by Gasteiger charge is 2.07. The maximum absolute atomic E-state index is 5.60. The molecule has 0 aliphatic carbocycles. The quantitative estimate of drug-likeness (QED) is 0.715. The molecular formula is C9H16N4. The van der Waals surface area contributed by atoms with Gasteiger partial charge in [0.1, 0.15) is 11.6 Å². The van der Waals surface area contributed by atoms with Crippen molar-refractivity contribution in [2.45, 2.75) is 19.9 Å². The van der Waals surface area contributed by atoms with Crippen LogP contribution >= 0.6 is 0 Å². The van der Waals surface area contributed by atoms with E-state index < -0.39 is 0 Å². The standard InChI is InChI=1S/C9H16N4/c1-6(2)13(3)8-5-4-7(10)9(11)12-8/h4-6H,10H2,1-3H3,(H2,11,12). The summed E-state index contributed by atoms with van der Waals surface area (Å²) in [5, 5.41) is 0. The van der Waals surface area contributed by atoms with Crippen LogP contribution < -0.4 is 16.4 Å². The molecule has 0 spiro atoms. The van der Waals surface area contributed by atoms with Crippen LogP contribution in [0.5, 0.6) is 0 Å². The van der Waals surface area contributed by atoms with Gasteiger partial charge in [0.05, 0.1) is 5.69 Å². The van der Waals surface area contributed by atoms with Gasteiger partial charge in [-0.05, 0) is 26.0 Å². The van der Waals surface area contributed by atoms with E-state index in [1.54, 1.807) is 6.07 Å². The second-order valence-electron chi connectivity index (χ2n) is 3.35. The normalized spacial score (nSPS) is 10.5. The summed E-state index contributed by atoms with van der Waals surface area (Å²) in [5.41, 5.74) is 11.7. The minimum Gasteiger partial charge on any atom is -0.396 e. The van der Waals surface area contributed by atoms with E-state index >= 15 is 0 Å². The van der Waals surface area contributed by atoms with Gasteiger partial charge in [-0.3, -0.25) is 0 Å². The van der Waals surface area contributed by atoms with Crippen molar-refractivity contribution in [1.29, 1.82) is 0 Å². The third-order valence-corrected chi connectivity index (χ3v) is 2.08. The number of nitrogen functional groups attached to an aromatic ring is 2. The van der Waals surface area contributed by atoms with Crippen molar-refractivity contribution in [2.75, 3.05) is 23.4 Å². The van der Waals surface area contributed by atoms with Gasteiger partial charge in [0.25, 0.3) is 0 Å². The molecule has 1 rings (SSSR count). The Hall–Kier alpha value is -1.45. The Labute approximate surface area is 78.6 Å². The van der Waals surface area contributed by atoms with Crippen molar-refractivity contribution in [3.05, 3.63) is 12.1 Å². The molecule has 0 bridgehead atoms. The first kappa shape index (κ1) is 9.64. The van der Waals surface area contributed by atoms with Crippen molar-refractivity contribution < 1.29 is 0 Å². The van der Waals surface area contributed by atoms with Gasteiger partial charge in [-0.25, -0.2) is 4.98 Å². The van der Waals surface area contributed by atoms with Gasteiger partial charge in [-0.2, -0.15) is 0 Å². The summed E-state index contributed by atoms with van der Waals surface area (Å²) in [5.74, 6) is 1.24. The Morgan fingerprint density at radius 1 is 1.31 bits per heavy atom. The van der Waals surface area contributed by atoms with Crippen LogP contribution in [0.4, 0.5) is 17.3 Å². The van der Waals surface area contributed by atoms with Gasteiger partial charge < -0.3 is 16.4 Å². The third kappa shape index (κ3) is 2.02. The SMILES string of the molecule is CC(C)N(C)c1ccc(N)c(N)n1. The number of rotatable bonds is 2. The molecule has 1 heterocycles. The lowest BCUT2D eigenvalue weighted by atomic mass is 10.3. The smallest absolute Gasteiger partial charge is 0.149 e. The van der Waals surface area contributed by atoms with Crippen molar-refractivity contribution in [3.8, 4) is 0 Å². The molecule has 72 valence electrons. The molecule has 0 saturated heterocycles. The average Bonchev–Trinajstić information content (AvgIpc) is 2.08. The molecule has 4 heteroatoms. The molecule has 0 aliphatic heterocycles. The Morgan fingerprint density at radius 3 is 2.38 bits per heavy atom. The molecule has 0 unspecified atom stereocenters. The number of nitrogens with two attached hydrogens (primary N) is 2. The molecular weight excluding hydrogens is 164 g/mol. The monoisotopic (exact) mass is 180 g/mol. The summed E-state index contributed by atoms with van der Waals surface area (Å²) in [7, 11) is 1.97. The van der Waals surface area contributed by atoms with Crippen LogP contribution in [0.25, 0.3) is 0 Å². The van der Waals surface area contributed by atoms with Gasteiger partial charge in [0, 0.05) is 13.1 Å². The Bertz CT molecular complexity index is 296. The zero-order valence-corrected chi connectivity index (χ0v) is 8.28. The molecule has 1 aromatic rings. The van der Waals surface area contributed by atoms with Gasteiger partial charge in [0.2, 0.25) is 0 Å². The van der Waals surface area contributed by atoms with Crippen LogP contribution in [0, 0.1) is 0 Å². The molecule has 0 aromatic carbocycles. The molecule has 0 atom stereocenters. The number of pyridine rings is 1. The van der Waals surface area contributed by atoms with Gasteiger partial charge >= 0.3 is 0 Å². The number of nitrogens with zero attached hydrogens (tertiary/aromatic N) is 2. The van der Waals surface area contributed by atoms with Crippen molar-refractivity contribution in [2.24, 2.45) is 0 Å². The molecule has 4 N–H and O–H groups in total. The van der Waals surface area contributed by atoms with E-state index in [2.05, 4.69) is 18.8 Å². The molecule has 13 heavy (non-hydrogen) atoms. The lowest BCUT2D eigenvalue weighted by Crippen LogP contribution is -2.26. The van der Waals surface area contributed by atoms with Gasteiger partial charge in [-0.15, -0.1) is 0 Å². The highest BCUT2D eigenvalue weighted by molar-refractivity contribution is 5.62. The first-order valence-electron chi connectivity index (χ1n) is 4.27. The Balaban J connectivity index is 2.97. The highest BCUT2D eigenvalue weighted by Crippen LogP contribution is 2.18. The number of hydrogen-bond acceptors (Lipinski definition) is 4. The minimum absolute atomic E-state index is 0.394. The summed E-state index contributed by atoms with van der Waals surface area (Å²) in [6.07, 6.45) is 0. The Morgan fingerprint density at radius 2 is 1.92 bits per heavy atom. The Kier molecular flexibility index (Phi) is 2.60. The number of aromatic nitrogens is 1. The van der Waals surface area contributed by atoms with Crippen molar-refractivity contribution >= 4 is 17.3 Å². The highest BCUT2D eigenvalue weighted by atomic mass is 15.2. The predicted molar refractivity (Wildman–Crippen MR) is 56.6 cm³/mol. The molecule has 0 aliphatic rings. The van der Waals surface area contributed by atoms with E-state index in [-0.39, 0.29) is 0 Å². The second-order valence-corrected chi connectivity index (χ2v) is 3.35. The van der Waals surface area contributed by atoms with E-state index in [1.165, 1.54) is 0 Å². The van der Waals surface area contributed by atoms with Crippen molar-refractivity contribution in [1.82, 2.24) is 4.98 Å². The minimum atomic E-state index is 0.394. The molecule has 0 fully saturated rings. The van der Waals surface area contributed by atoms with Gasteiger partial charge in [0.15, 0.2) is 0 Å². The van der Waals surface area contributed by atoms with E-state index in [0.717, 1.165) is 5.82 Å². The van der Waals surface area contributed by atoms with Crippen LogP contribution in [-0.2, 0) is 0 Å². The molecule has 4 nitrogen and oxygen atoms in total. The lowest BCUT2D eigenvalue weighted by Gasteiger charge is -2.22. The van der Waals surface area contributed by atoms with Crippen LogP contribution in [0.2, 0.25) is 0 Å². The van der Waals surface area contributed by atoms with E-state index in [0.29, 0.717) is 17.5 Å². The number of hydrogen-bond donors (Lipinski definition) is 2. The summed E-state index contributed by atoms with van der Waals surface area (Å²) in [4.78, 5) is 6.21. The van der Waals surface area contributed by atoms with E-state index in [4.69, 9.17) is 11.5 Å². The van der Waals surface area contributed by atoms with Gasteiger partial charge in [-0.1, -0.05) is 0 Å². The second kappa shape index (κ2) is 3.51. The zero-order valence-electron chi connectivity index (χ0n) is 8.28. The summed E-state index contributed by atoms with van der Waals surface area (Å²) < 4.78 is 0. The summed E-state index contributed by atoms with van der Waals surface area (Å²) >= 11 is 0. The first-order chi connectivity index (χ1) is 6.02. The largest absolute Gasteiger partial charge is 0.396 e. The first-order valence-corrected chi connectivity index (χ1v) is 4.27. The number of anilines is 3. The summed E-state index contributed by atoms with van der Waals surface area (Å²) in [6.45, 7) is 4.18. The average molecular weight is 180 g/mol. The fourth-order valence-corrected chi connectivity index (χ4v) is 0.936. The molecule has 0 radical (unpaired) electrons. The third-order valence-electron chi connectivity index (χ3n) is 2.08. The fraction of sp³-hybridized carbons (Fsp3) is 0.444. The summed E-state index contributed by atoms with van der Waals surface area (Å²) in [6, 6.07) is 4.04. The van der Waals surface area contributed by atoms with E-state index in [9.17, 15) is 0 Å². The predicted octanol–water partition coefficient (Wildman–Crippen LogP) is 1.09. The maximum Gasteiger partial charge on any atom is 0.149 e. The fourth-order valence-electron chi connectivity index (χ4n) is 0.936.